The third kappa shape index (κ3) is 15.3. The van der Waals surface area contributed by atoms with E-state index in [0.717, 1.165) is 0 Å². The second kappa shape index (κ2) is 14.8. The number of hydrogen-bond donors (Lipinski definition) is 1. The molecule has 0 radical (unpaired) electrons. The van der Waals surface area contributed by atoms with Crippen molar-refractivity contribution in [2.45, 2.75) is 120 Å². The van der Waals surface area contributed by atoms with Crippen LogP contribution in [0.2, 0.25) is 0 Å². The molecule has 0 aliphatic carbocycles. The summed E-state index contributed by atoms with van der Waals surface area (Å²) in [6, 6.07) is 0. The Hall–Kier alpha value is 0.810. The molecule has 0 saturated carbocycles. The van der Waals surface area contributed by atoms with Crippen LogP contribution in [0.15, 0.2) is 4.52 Å². The fourth-order valence-electron chi connectivity index (χ4n) is 1.98. The molecular formula is C18H45N2O6P3. The molecule has 0 aromatic carbocycles. The van der Waals surface area contributed by atoms with E-state index in [4.69, 9.17) is 31.7 Å². The molecule has 0 aliphatic rings. The van der Waals surface area contributed by atoms with Gasteiger partial charge in [0.2, 0.25) is 0 Å². The van der Waals surface area contributed by atoms with E-state index in [0.29, 0.717) is 0 Å². The van der Waals surface area contributed by atoms with Crippen LogP contribution in [-0.2, 0) is 27.1 Å². The molecule has 0 atom stereocenters. The Kier molecular flexibility index (Phi) is 15.2. The molecule has 0 bridgehead atoms. The van der Waals surface area contributed by atoms with Gasteiger partial charge in [-0.05, 0) is 0 Å². The standard InChI is InChI=1S/C18H45N2O6P3/c1-13(2)21-27(22-14(3)4)19-29(25-17(9)10,26-18(11)12)20-28(23-15(5)6)24-16(7)8/h13-19,28-29H,1-12H3. The molecule has 29 heavy (non-hydrogen) atoms. The zero-order valence-corrected chi connectivity index (χ0v) is 23.2. The molecule has 0 amide bonds. The van der Waals surface area contributed by atoms with Gasteiger partial charge >= 0.3 is 181 Å². The summed E-state index contributed by atoms with van der Waals surface area (Å²) >= 11 is 0. The molecule has 0 aromatic rings. The maximum absolute atomic E-state index is 6.30. The molecule has 8 nitrogen and oxygen atoms in total. The van der Waals surface area contributed by atoms with Crippen molar-refractivity contribution in [1.82, 2.24) is 4.86 Å². The Morgan fingerprint density at radius 3 is 1.28 bits per heavy atom. The molecule has 0 heterocycles. The first-order valence-electron chi connectivity index (χ1n) is 10.4. The SMILES string of the molecule is CC(C)OP(N[PH](N=[PH](OC(C)C)OC(C)C)(OC(C)C)OC(C)C)OC(C)C. The first kappa shape index (κ1) is 29.8. The van der Waals surface area contributed by atoms with Crippen LogP contribution < -0.4 is 4.86 Å². The van der Waals surface area contributed by atoms with E-state index in [2.05, 4.69) is 4.86 Å². The fourth-order valence-corrected chi connectivity index (χ4v) is 9.21. The van der Waals surface area contributed by atoms with E-state index in [1.54, 1.807) is 0 Å². The van der Waals surface area contributed by atoms with E-state index in [-0.39, 0.29) is 36.6 Å². The summed E-state index contributed by atoms with van der Waals surface area (Å²) in [5, 5.41) is 0. The van der Waals surface area contributed by atoms with Crippen molar-refractivity contribution in [1.29, 1.82) is 0 Å². The van der Waals surface area contributed by atoms with Crippen LogP contribution in [0.25, 0.3) is 0 Å². The third-order valence-electron chi connectivity index (χ3n) is 2.55. The molecule has 178 valence electrons. The molecule has 0 aliphatic heterocycles. The Morgan fingerprint density at radius 2 is 1.00 bits per heavy atom. The second-order valence-corrected chi connectivity index (χ2v) is 13.7. The quantitative estimate of drug-likeness (QED) is 0.254. The summed E-state index contributed by atoms with van der Waals surface area (Å²) in [6.07, 6.45) is -0.351. The van der Waals surface area contributed by atoms with Crippen LogP contribution in [0.1, 0.15) is 83.1 Å². The zero-order chi connectivity index (χ0) is 22.8. The Morgan fingerprint density at radius 1 is 0.621 bits per heavy atom. The van der Waals surface area contributed by atoms with Crippen molar-refractivity contribution in [3.8, 4) is 0 Å². The molecule has 0 saturated heterocycles. The van der Waals surface area contributed by atoms with Gasteiger partial charge < -0.3 is 0 Å². The Labute approximate surface area is 181 Å². The van der Waals surface area contributed by atoms with Crippen molar-refractivity contribution in [2.24, 2.45) is 4.52 Å². The molecule has 0 aromatic heterocycles. The van der Waals surface area contributed by atoms with Gasteiger partial charge in [-0.2, -0.15) is 0 Å². The normalized spacial score (nSPS) is 14.1. The van der Waals surface area contributed by atoms with E-state index in [1.807, 2.05) is 83.1 Å². The van der Waals surface area contributed by atoms with Gasteiger partial charge in [-0.1, -0.05) is 0 Å². The van der Waals surface area contributed by atoms with Crippen LogP contribution in [0.5, 0.6) is 0 Å². The number of rotatable bonds is 15. The average molecular weight is 478 g/mol. The summed E-state index contributed by atoms with van der Waals surface area (Å²) in [6.45, 7) is 23.5. The molecule has 0 unspecified atom stereocenters. The predicted octanol–water partition coefficient (Wildman–Crippen LogP) is 6.99. The molecule has 1 N–H and O–H groups in total. The number of nitrogens with zero attached hydrogens (tertiary/aromatic N) is 1. The van der Waals surface area contributed by atoms with Crippen molar-refractivity contribution < 1.29 is 27.1 Å². The van der Waals surface area contributed by atoms with E-state index in [1.165, 1.54) is 0 Å². The number of nitrogens with one attached hydrogen (secondary N) is 1. The average Bonchev–Trinajstić information content (AvgIpc) is 2.41. The molecular weight excluding hydrogens is 433 g/mol. The van der Waals surface area contributed by atoms with Gasteiger partial charge in [0.1, 0.15) is 0 Å². The van der Waals surface area contributed by atoms with Crippen molar-refractivity contribution >= 4 is 24.7 Å². The first-order chi connectivity index (χ1) is 13.2. The van der Waals surface area contributed by atoms with E-state index < -0.39 is 24.7 Å². The van der Waals surface area contributed by atoms with Crippen LogP contribution in [-0.4, -0.2) is 36.6 Å². The van der Waals surface area contributed by atoms with Gasteiger partial charge in [0.25, 0.3) is 0 Å². The van der Waals surface area contributed by atoms with Crippen LogP contribution >= 0.6 is 24.7 Å². The van der Waals surface area contributed by atoms with E-state index >= 15 is 0 Å². The molecule has 0 rings (SSSR count). The van der Waals surface area contributed by atoms with Gasteiger partial charge in [0.05, 0.1) is 0 Å². The summed E-state index contributed by atoms with van der Waals surface area (Å²) < 4.78 is 41.5. The number of hydrogen-bond acceptors (Lipinski definition) is 8. The molecule has 0 spiro atoms. The summed E-state index contributed by atoms with van der Waals surface area (Å²) in [7, 11) is -6.87. The summed E-state index contributed by atoms with van der Waals surface area (Å²) in [4.78, 5) is 3.38. The van der Waals surface area contributed by atoms with Crippen LogP contribution in [0.3, 0.4) is 0 Å². The van der Waals surface area contributed by atoms with Gasteiger partial charge in [-0.25, -0.2) is 0 Å². The minimum absolute atomic E-state index is 0.0271. The van der Waals surface area contributed by atoms with E-state index in [9.17, 15) is 0 Å². The van der Waals surface area contributed by atoms with Gasteiger partial charge in [-0.15, -0.1) is 0 Å². The Balaban J connectivity index is 6.17. The minimum atomic E-state index is -3.37. The van der Waals surface area contributed by atoms with Gasteiger partial charge in [-0.3, -0.25) is 0 Å². The fraction of sp³-hybridized carbons (Fsp3) is 1.00. The topological polar surface area (TPSA) is 79.8 Å². The Bertz CT molecular complexity index is 445. The van der Waals surface area contributed by atoms with Crippen LogP contribution in [0, 0.1) is 0 Å². The van der Waals surface area contributed by atoms with Crippen molar-refractivity contribution in [3.63, 3.8) is 0 Å². The predicted molar refractivity (Wildman–Crippen MR) is 126 cm³/mol. The van der Waals surface area contributed by atoms with Gasteiger partial charge in [0.15, 0.2) is 0 Å². The monoisotopic (exact) mass is 478 g/mol. The third-order valence-corrected chi connectivity index (χ3v) is 10.5. The molecule has 0 fully saturated rings. The summed E-state index contributed by atoms with van der Waals surface area (Å²) in [5.74, 6) is 0. The van der Waals surface area contributed by atoms with Crippen LogP contribution in [0.4, 0.5) is 0 Å². The second-order valence-electron chi connectivity index (χ2n) is 8.30. The van der Waals surface area contributed by atoms with Crippen molar-refractivity contribution in [2.75, 3.05) is 0 Å². The first-order valence-corrected chi connectivity index (χ1v) is 14.6. The van der Waals surface area contributed by atoms with Crippen molar-refractivity contribution in [3.05, 3.63) is 0 Å². The summed E-state index contributed by atoms with van der Waals surface area (Å²) in [5.41, 5.74) is 0. The van der Waals surface area contributed by atoms with Gasteiger partial charge in [0, 0.05) is 0 Å². The zero-order valence-electron chi connectivity index (χ0n) is 20.3. The molecule has 11 heteroatoms. The maximum atomic E-state index is 6.30.